The van der Waals surface area contributed by atoms with Crippen molar-refractivity contribution < 1.29 is 4.74 Å². The lowest BCUT2D eigenvalue weighted by Crippen LogP contribution is -2.67. The van der Waals surface area contributed by atoms with E-state index in [1.807, 2.05) is 6.20 Å². The van der Waals surface area contributed by atoms with Gasteiger partial charge in [0.05, 0.1) is 24.0 Å². The zero-order valence-corrected chi connectivity index (χ0v) is 19.9. The number of pyridine rings is 1. The van der Waals surface area contributed by atoms with Gasteiger partial charge >= 0.3 is 0 Å². The summed E-state index contributed by atoms with van der Waals surface area (Å²) in [5.41, 5.74) is 5.14. The molecule has 3 aromatic rings. The lowest BCUT2D eigenvalue weighted by Gasteiger charge is -2.72. The molecule has 8 rings (SSSR count). The molecule has 2 bridgehead atoms. The molecule has 4 saturated carbocycles. The van der Waals surface area contributed by atoms with E-state index < -0.39 is 0 Å². The molecule has 0 N–H and O–H groups in total. The third kappa shape index (κ3) is 3.02. The van der Waals surface area contributed by atoms with Gasteiger partial charge in [0.2, 0.25) is 0 Å². The maximum absolute atomic E-state index is 6.19. The van der Waals surface area contributed by atoms with Gasteiger partial charge < -0.3 is 4.74 Å². The first-order valence-corrected chi connectivity index (χ1v) is 12.8. The van der Waals surface area contributed by atoms with Crippen molar-refractivity contribution in [1.82, 2.24) is 24.7 Å². The highest BCUT2D eigenvalue weighted by Gasteiger charge is 2.70. The Kier molecular flexibility index (Phi) is 4.16. The van der Waals surface area contributed by atoms with Crippen LogP contribution in [0.4, 0.5) is 0 Å². The zero-order chi connectivity index (χ0) is 22.4. The Hall–Kier alpha value is -2.34. The summed E-state index contributed by atoms with van der Waals surface area (Å²) in [6.45, 7) is 7.55. The molecule has 0 aromatic carbocycles. The highest BCUT2D eigenvalue weighted by Crippen LogP contribution is 2.76. The van der Waals surface area contributed by atoms with Crippen LogP contribution in [0.25, 0.3) is 11.0 Å². The zero-order valence-electron chi connectivity index (χ0n) is 19.9. The Bertz CT molecular complexity index is 1220. The molecule has 3 aromatic heterocycles. The second kappa shape index (κ2) is 6.84. The van der Waals surface area contributed by atoms with E-state index in [2.05, 4.69) is 48.9 Å². The molecule has 1 saturated heterocycles. The monoisotopic (exact) mass is 443 g/mol. The summed E-state index contributed by atoms with van der Waals surface area (Å²) in [5.74, 6) is 2.02. The van der Waals surface area contributed by atoms with E-state index in [9.17, 15) is 0 Å². The summed E-state index contributed by atoms with van der Waals surface area (Å²) in [5, 5.41) is 5.75. The minimum Gasteiger partial charge on any atom is -0.373 e. The van der Waals surface area contributed by atoms with Crippen LogP contribution in [0.1, 0.15) is 99.6 Å². The van der Waals surface area contributed by atoms with Crippen LogP contribution in [0.5, 0.6) is 0 Å². The number of nitrogens with zero attached hydrogens (tertiary/aromatic N) is 5. The van der Waals surface area contributed by atoms with E-state index in [4.69, 9.17) is 19.7 Å². The molecule has 4 heterocycles. The topological polar surface area (TPSA) is 65.7 Å². The molecule has 5 fully saturated rings. The van der Waals surface area contributed by atoms with Gasteiger partial charge in [-0.25, -0.2) is 15.0 Å². The van der Waals surface area contributed by atoms with E-state index in [1.165, 1.54) is 43.4 Å². The summed E-state index contributed by atoms with van der Waals surface area (Å²) in [6, 6.07) is 4.92. The Labute approximate surface area is 195 Å². The second-order valence-corrected chi connectivity index (χ2v) is 11.6. The Balaban J connectivity index is 1.22. The van der Waals surface area contributed by atoms with Crippen molar-refractivity contribution in [1.29, 1.82) is 0 Å². The molecule has 2 atom stereocenters. The van der Waals surface area contributed by atoms with Crippen molar-refractivity contribution in [3.05, 3.63) is 47.3 Å². The first kappa shape index (κ1) is 20.1. The second-order valence-electron chi connectivity index (χ2n) is 11.6. The van der Waals surface area contributed by atoms with Crippen LogP contribution in [-0.2, 0) is 10.2 Å². The summed E-state index contributed by atoms with van der Waals surface area (Å²) in [6.07, 6.45) is 12.4. The maximum atomic E-state index is 6.19. The predicted octanol–water partition coefficient (Wildman–Crippen LogP) is 5.58. The van der Waals surface area contributed by atoms with Crippen molar-refractivity contribution >= 4 is 11.0 Å². The van der Waals surface area contributed by atoms with E-state index >= 15 is 0 Å². The molecule has 4 aliphatic carbocycles. The van der Waals surface area contributed by atoms with Gasteiger partial charge in [-0.05, 0) is 75.3 Å². The van der Waals surface area contributed by atoms with Crippen molar-refractivity contribution in [2.75, 3.05) is 6.61 Å². The number of hydrogen-bond donors (Lipinski definition) is 0. The van der Waals surface area contributed by atoms with Gasteiger partial charge in [0.25, 0.3) is 0 Å². The highest BCUT2D eigenvalue weighted by molar-refractivity contribution is 5.79. The molecule has 0 spiro atoms. The molecule has 0 radical (unpaired) electrons. The predicted molar refractivity (Wildman–Crippen MR) is 126 cm³/mol. The molecule has 6 nitrogen and oxygen atoms in total. The van der Waals surface area contributed by atoms with Crippen LogP contribution in [0, 0.1) is 18.3 Å². The lowest BCUT2D eigenvalue weighted by atomic mass is 9.31. The van der Waals surface area contributed by atoms with Gasteiger partial charge in [-0.1, -0.05) is 13.8 Å². The van der Waals surface area contributed by atoms with Crippen LogP contribution < -0.4 is 0 Å². The van der Waals surface area contributed by atoms with Crippen LogP contribution in [0.15, 0.2) is 24.5 Å². The van der Waals surface area contributed by atoms with Gasteiger partial charge in [-0.15, -0.1) is 0 Å². The van der Waals surface area contributed by atoms with E-state index in [1.54, 1.807) is 0 Å². The lowest BCUT2D eigenvalue weighted by molar-refractivity contribution is -0.173. The Morgan fingerprint density at radius 3 is 2.64 bits per heavy atom. The number of aryl methyl sites for hydroxylation is 1. The van der Waals surface area contributed by atoms with Crippen LogP contribution in [0.3, 0.4) is 0 Å². The van der Waals surface area contributed by atoms with Crippen molar-refractivity contribution in [2.45, 2.75) is 89.2 Å². The third-order valence-corrected chi connectivity index (χ3v) is 9.08. The molecule has 6 heteroatoms. The fourth-order valence-corrected chi connectivity index (χ4v) is 6.76. The molecule has 5 aliphatic rings. The van der Waals surface area contributed by atoms with Crippen LogP contribution in [-0.4, -0.2) is 31.3 Å². The number of rotatable bonds is 5. The van der Waals surface area contributed by atoms with Gasteiger partial charge in [0.1, 0.15) is 5.82 Å². The Morgan fingerprint density at radius 2 is 1.88 bits per heavy atom. The van der Waals surface area contributed by atoms with E-state index in [0.29, 0.717) is 17.4 Å². The van der Waals surface area contributed by atoms with E-state index in [0.717, 1.165) is 47.9 Å². The van der Waals surface area contributed by atoms with Crippen molar-refractivity contribution in [3.8, 4) is 0 Å². The average Bonchev–Trinajstić information content (AvgIpc) is 3.47. The quantitative estimate of drug-likeness (QED) is 0.515. The number of hydrogen-bond acceptors (Lipinski definition) is 5. The molecule has 33 heavy (non-hydrogen) atoms. The standard InChI is InChI=1S/C27H33N5O/c1-16(2)26-13-27(14-26,15-26)23-21-7-4-17(3)29-25(21)31-24(30-23)18-8-9-33-22(10-18)19-11-28-32(12-19)20-5-6-20/h4,7,11-12,16,18,20,22H,5-6,8-10,13-15H2,1-3H3/t18-,22-,26?,27?/m0/s1. The first-order valence-electron chi connectivity index (χ1n) is 12.8. The van der Waals surface area contributed by atoms with Gasteiger partial charge in [-0.2, -0.15) is 5.10 Å². The van der Waals surface area contributed by atoms with Gasteiger partial charge in [-0.3, -0.25) is 4.68 Å². The normalized spacial score (nSPS) is 33.2. The summed E-state index contributed by atoms with van der Waals surface area (Å²) in [4.78, 5) is 15.2. The van der Waals surface area contributed by atoms with Gasteiger partial charge in [0.15, 0.2) is 5.65 Å². The van der Waals surface area contributed by atoms with Crippen molar-refractivity contribution in [3.63, 3.8) is 0 Å². The summed E-state index contributed by atoms with van der Waals surface area (Å²) in [7, 11) is 0. The van der Waals surface area contributed by atoms with Crippen LogP contribution >= 0.6 is 0 Å². The molecule has 0 unspecified atom stereocenters. The minimum absolute atomic E-state index is 0.0728. The maximum Gasteiger partial charge on any atom is 0.163 e. The largest absolute Gasteiger partial charge is 0.373 e. The number of aromatic nitrogens is 5. The van der Waals surface area contributed by atoms with Crippen molar-refractivity contribution in [2.24, 2.45) is 11.3 Å². The molecular formula is C27H33N5O. The third-order valence-electron chi connectivity index (χ3n) is 9.08. The smallest absolute Gasteiger partial charge is 0.163 e. The number of ether oxygens (including phenoxy) is 1. The molecule has 1 aliphatic heterocycles. The number of fused-ring (bicyclic) bond motifs is 1. The average molecular weight is 444 g/mol. The fraction of sp³-hybridized carbons (Fsp3) is 0.630. The fourth-order valence-electron chi connectivity index (χ4n) is 6.76. The minimum atomic E-state index is 0.0728. The molecular weight excluding hydrogens is 410 g/mol. The van der Waals surface area contributed by atoms with Gasteiger partial charge in [0, 0.05) is 40.8 Å². The Morgan fingerprint density at radius 1 is 1.06 bits per heavy atom. The molecule has 0 amide bonds. The first-order chi connectivity index (χ1) is 15.9. The summed E-state index contributed by atoms with van der Waals surface area (Å²) < 4.78 is 8.31. The summed E-state index contributed by atoms with van der Waals surface area (Å²) >= 11 is 0. The molecule has 172 valence electrons. The van der Waals surface area contributed by atoms with E-state index in [-0.39, 0.29) is 11.5 Å². The highest BCUT2D eigenvalue weighted by atomic mass is 16.5. The SMILES string of the molecule is Cc1ccc2c(C34CC(C(C)C)(C3)C4)nc([C@H]3CCO[C@H](c4cnn(C5CC5)c4)C3)nc2n1. The van der Waals surface area contributed by atoms with Crippen LogP contribution in [0.2, 0.25) is 0 Å².